The Morgan fingerprint density at radius 1 is 0.429 bits per heavy atom. The molecule has 1 saturated carbocycles. The second-order valence-corrected chi connectivity index (χ2v) is 27.3. The molecule has 450 valence electrons. The van der Waals surface area contributed by atoms with Gasteiger partial charge in [0.05, 0.1) is 18.8 Å². The first kappa shape index (κ1) is 68.3. The molecule has 3 aliphatic rings. The SMILES string of the molecule is CC(ON1C(C)(C)CCCCCCCCCCCCCCCCCCCCCCCCCCCCCCCCCCCCCCCCCCCCCCCC2(CC1(C)C)C(O)CCCC2O)c1ccc(OCC2CO2)cc1. The van der Waals surface area contributed by atoms with E-state index in [0.717, 1.165) is 56.4 Å². The first-order valence-electron chi connectivity index (χ1n) is 34.7. The number of nitrogens with zero attached hydrogens (tertiary/aromatic N) is 1. The van der Waals surface area contributed by atoms with Gasteiger partial charge >= 0.3 is 0 Å². The molecule has 6 nitrogen and oxygen atoms in total. The molecule has 1 spiro atoms. The number of aliphatic hydroxyl groups excluding tert-OH is 2. The lowest BCUT2D eigenvalue weighted by Crippen LogP contribution is -2.60. The van der Waals surface area contributed by atoms with Crippen molar-refractivity contribution in [1.82, 2.24) is 5.06 Å². The van der Waals surface area contributed by atoms with Gasteiger partial charge in [-0.05, 0) is 90.8 Å². The highest BCUT2D eigenvalue weighted by molar-refractivity contribution is 5.28. The zero-order valence-electron chi connectivity index (χ0n) is 52.2. The smallest absolute Gasteiger partial charge is 0.119 e. The highest BCUT2D eigenvalue weighted by atomic mass is 16.7. The van der Waals surface area contributed by atoms with Crippen LogP contribution in [-0.4, -0.2) is 57.9 Å². The Kier molecular flexibility index (Phi) is 37.8. The lowest BCUT2D eigenvalue weighted by molar-refractivity contribution is -0.303. The molecule has 1 aromatic rings. The molecule has 0 amide bonds. The summed E-state index contributed by atoms with van der Waals surface area (Å²) in [5.41, 5.74) is -0.117. The second kappa shape index (κ2) is 42.6. The van der Waals surface area contributed by atoms with Gasteiger partial charge in [0.2, 0.25) is 0 Å². The lowest BCUT2D eigenvalue weighted by Gasteiger charge is -2.55. The minimum absolute atomic E-state index is 0.174. The molecule has 4 rings (SSSR count). The van der Waals surface area contributed by atoms with Crippen LogP contribution in [0.2, 0.25) is 0 Å². The summed E-state index contributed by atoms with van der Waals surface area (Å²) in [5.74, 6) is 0.863. The number of epoxide rings is 1. The van der Waals surface area contributed by atoms with Gasteiger partial charge in [-0.1, -0.05) is 301 Å². The summed E-state index contributed by atoms with van der Waals surface area (Å²) in [6, 6.07) is 8.41. The quantitative estimate of drug-likeness (QED) is 0.277. The first-order valence-corrected chi connectivity index (χ1v) is 34.7. The van der Waals surface area contributed by atoms with Crippen molar-refractivity contribution in [3.8, 4) is 5.75 Å². The van der Waals surface area contributed by atoms with E-state index in [1.165, 1.54) is 283 Å². The van der Waals surface area contributed by atoms with E-state index in [2.05, 4.69) is 63.9 Å². The summed E-state index contributed by atoms with van der Waals surface area (Å²) >= 11 is 0. The molecule has 0 aromatic heterocycles. The molecule has 77 heavy (non-hydrogen) atoms. The summed E-state index contributed by atoms with van der Waals surface area (Å²) in [7, 11) is 0. The number of rotatable bonds is 6. The van der Waals surface area contributed by atoms with Crippen LogP contribution in [0.15, 0.2) is 24.3 Å². The monoisotopic (exact) mass is 1080 g/mol. The number of hydroxylamine groups is 2. The van der Waals surface area contributed by atoms with Crippen LogP contribution in [0.25, 0.3) is 0 Å². The summed E-state index contributed by atoms with van der Waals surface area (Å²) in [5, 5.41) is 26.4. The Labute approximate surface area is 479 Å². The van der Waals surface area contributed by atoms with Gasteiger partial charge in [0.1, 0.15) is 24.6 Å². The molecule has 4 unspecified atom stereocenters. The predicted octanol–water partition coefficient (Wildman–Crippen LogP) is 21.9. The third-order valence-electron chi connectivity index (χ3n) is 19.0. The van der Waals surface area contributed by atoms with Gasteiger partial charge in [-0.15, -0.1) is 0 Å². The molecule has 2 heterocycles. The van der Waals surface area contributed by atoms with Gasteiger partial charge in [-0.25, -0.2) is 0 Å². The maximum atomic E-state index is 12.0. The van der Waals surface area contributed by atoms with Gasteiger partial charge in [-0.2, -0.15) is 5.06 Å². The van der Waals surface area contributed by atoms with Crippen molar-refractivity contribution in [2.24, 2.45) is 5.41 Å². The molecular weight excluding hydrogens is 947 g/mol. The highest BCUT2D eigenvalue weighted by Gasteiger charge is 2.52. The Hall–Kier alpha value is -1.18. The van der Waals surface area contributed by atoms with Crippen molar-refractivity contribution in [1.29, 1.82) is 0 Å². The van der Waals surface area contributed by atoms with E-state index in [0.29, 0.717) is 13.0 Å². The number of ether oxygens (including phenoxy) is 2. The number of benzene rings is 1. The van der Waals surface area contributed by atoms with Crippen LogP contribution >= 0.6 is 0 Å². The Morgan fingerprint density at radius 2 is 0.714 bits per heavy atom. The standard InChI is InChI=1S/C71H131NO5/c1-63(64-54-56-65(57-55-64)75-60-66-61-76-66)77-72-69(2,3)58-49-47-45-43-41-39-37-35-33-31-29-27-25-23-21-19-17-15-13-11-9-7-6-8-10-12-14-16-18-20-22-24-26-28-30-32-34-36-38-40-42-44-46-48-50-59-71(62-70(72,4)5)67(73)52-51-53-68(71)74/h54-57,63,66-68,73-74H,6-53,58-62H2,1-5H3. The van der Waals surface area contributed by atoms with Crippen LogP contribution in [0.1, 0.15) is 374 Å². The average molecular weight is 1080 g/mol. The van der Waals surface area contributed by atoms with Crippen LogP contribution in [0.5, 0.6) is 5.75 Å². The van der Waals surface area contributed by atoms with Gasteiger partial charge < -0.3 is 19.7 Å². The fourth-order valence-corrected chi connectivity index (χ4v) is 14.1. The number of hydrogen-bond donors (Lipinski definition) is 2. The van der Waals surface area contributed by atoms with E-state index in [1.807, 2.05) is 0 Å². The van der Waals surface area contributed by atoms with Gasteiger partial charge in [-0.3, -0.25) is 4.84 Å². The van der Waals surface area contributed by atoms with Gasteiger partial charge in [0, 0.05) is 16.5 Å². The lowest BCUT2D eigenvalue weighted by atomic mass is 9.61. The maximum Gasteiger partial charge on any atom is 0.119 e. The fraction of sp³-hybridized carbons (Fsp3) is 0.915. The molecule has 6 heteroatoms. The molecule has 2 saturated heterocycles. The van der Waals surface area contributed by atoms with Crippen molar-refractivity contribution in [3.05, 3.63) is 29.8 Å². The summed E-state index contributed by atoms with van der Waals surface area (Å²) < 4.78 is 11.4. The van der Waals surface area contributed by atoms with E-state index >= 15 is 0 Å². The average Bonchev–Trinajstić information content (AvgIpc) is 4.25. The van der Waals surface area contributed by atoms with Crippen molar-refractivity contribution in [3.63, 3.8) is 0 Å². The van der Waals surface area contributed by atoms with Crippen LogP contribution in [0.3, 0.4) is 0 Å². The van der Waals surface area contributed by atoms with E-state index in [1.54, 1.807) is 0 Å². The molecule has 0 bridgehead atoms. The highest BCUT2D eigenvalue weighted by Crippen LogP contribution is 2.50. The molecule has 1 aromatic carbocycles. The minimum Gasteiger partial charge on any atom is -0.491 e. The van der Waals surface area contributed by atoms with Gasteiger partial charge in [0.15, 0.2) is 0 Å². The third kappa shape index (κ3) is 31.2. The van der Waals surface area contributed by atoms with Crippen molar-refractivity contribution in [2.75, 3.05) is 13.2 Å². The number of aliphatic hydroxyl groups is 2. The molecule has 0 radical (unpaired) electrons. The molecule has 2 N–H and O–H groups in total. The number of hydrogen-bond acceptors (Lipinski definition) is 6. The van der Waals surface area contributed by atoms with Crippen LogP contribution in [0, 0.1) is 5.41 Å². The summed E-state index contributed by atoms with van der Waals surface area (Å²) in [6.07, 6.45) is 67.3. The Morgan fingerprint density at radius 3 is 1.01 bits per heavy atom. The summed E-state index contributed by atoms with van der Waals surface area (Å²) in [4.78, 5) is 7.23. The van der Waals surface area contributed by atoms with Crippen LogP contribution in [-0.2, 0) is 9.57 Å². The molecule has 3 fully saturated rings. The van der Waals surface area contributed by atoms with Crippen molar-refractivity contribution >= 4 is 0 Å². The molecule has 4 atom stereocenters. The maximum absolute atomic E-state index is 12.0. The third-order valence-corrected chi connectivity index (χ3v) is 19.0. The fourth-order valence-electron chi connectivity index (χ4n) is 14.1. The minimum atomic E-state index is -0.547. The predicted molar refractivity (Wildman–Crippen MR) is 331 cm³/mol. The van der Waals surface area contributed by atoms with Crippen LogP contribution in [0.4, 0.5) is 0 Å². The van der Waals surface area contributed by atoms with E-state index in [9.17, 15) is 10.2 Å². The van der Waals surface area contributed by atoms with Crippen LogP contribution < -0.4 is 4.74 Å². The molecule has 2 aliphatic heterocycles. The first-order chi connectivity index (χ1) is 37.5. The van der Waals surface area contributed by atoms with Gasteiger partial charge in [0.25, 0.3) is 0 Å². The van der Waals surface area contributed by atoms with Crippen molar-refractivity contribution < 1.29 is 24.5 Å². The summed E-state index contributed by atoms with van der Waals surface area (Å²) in [6.45, 7) is 13.0. The molecule has 1 aliphatic carbocycles. The topological polar surface area (TPSA) is 74.7 Å². The molecular formula is C71H131NO5. The normalized spacial score (nSPS) is 28.7. The Bertz CT molecular complexity index is 1480. The Balaban J connectivity index is 1.25. The largest absolute Gasteiger partial charge is 0.491 e. The zero-order chi connectivity index (χ0) is 55.0. The van der Waals surface area contributed by atoms with Crippen molar-refractivity contribution in [2.45, 2.75) is 398 Å². The van der Waals surface area contributed by atoms with E-state index in [4.69, 9.17) is 14.3 Å². The van der Waals surface area contributed by atoms with E-state index in [-0.39, 0.29) is 17.7 Å². The van der Waals surface area contributed by atoms with E-state index < -0.39 is 23.2 Å². The second-order valence-electron chi connectivity index (χ2n) is 27.3. The zero-order valence-corrected chi connectivity index (χ0v) is 52.2.